The lowest BCUT2D eigenvalue weighted by molar-refractivity contribution is -0.114. The van der Waals surface area contributed by atoms with Crippen molar-refractivity contribution in [3.05, 3.63) is 47.0 Å². The fourth-order valence-corrected chi connectivity index (χ4v) is 4.11. The summed E-state index contributed by atoms with van der Waals surface area (Å²) in [6.07, 6.45) is 0. The number of benzene rings is 2. The number of sulfonamides is 1. The lowest BCUT2D eigenvalue weighted by Gasteiger charge is -2.23. The summed E-state index contributed by atoms with van der Waals surface area (Å²) < 4.78 is 41.7. The first kappa shape index (κ1) is 22.7. The molecule has 31 heavy (non-hydrogen) atoms. The van der Waals surface area contributed by atoms with Crippen LogP contribution in [0.15, 0.2) is 36.4 Å². The molecule has 166 valence electrons. The van der Waals surface area contributed by atoms with Gasteiger partial charge in [0.2, 0.25) is 22.7 Å². The smallest absolute Gasteiger partial charge is 0.338 e. The Labute approximate surface area is 184 Å². The van der Waals surface area contributed by atoms with Crippen molar-refractivity contribution in [3.63, 3.8) is 0 Å². The van der Waals surface area contributed by atoms with E-state index in [2.05, 4.69) is 5.32 Å². The molecule has 1 aliphatic rings. The molecule has 0 radical (unpaired) electrons. The zero-order chi connectivity index (χ0) is 22.6. The summed E-state index contributed by atoms with van der Waals surface area (Å²) in [7, 11) is -3.77. The number of fused-ring (bicyclic) bond motifs is 1. The summed E-state index contributed by atoms with van der Waals surface area (Å²) in [5, 5.41) is 2.69. The number of nitrogens with zero attached hydrogens (tertiary/aromatic N) is 1. The minimum atomic E-state index is -3.77. The van der Waals surface area contributed by atoms with Gasteiger partial charge in [-0.05, 0) is 44.2 Å². The minimum absolute atomic E-state index is 0.0418. The number of halogens is 1. The summed E-state index contributed by atoms with van der Waals surface area (Å²) in [6, 6.07) is 8.90. The highest BCUT2D eigenvalue weighted by atomic mass is 35.5. The van der Waals surface area contributed by atoms with Gasteiger partial charge in [0.05, 0.1) is 34.3 Å². The Balaban J connectivity index is 1.79. The molecule has 1 amide bonds. The highest BCUT2D eigenvalue weighted by Gasteiger charge is 2.26. The maximum absolute atomic E-state index is 12.6. The van der Waals surface area contributed by atoms with Gasteiger partial charge in [-0.2, -0.15) is 0 Å². The third-order valence-electron chi connectivity index (χ3n) is 4.39. The van der Waals surface area contributed by atoms with Crippen LogP contribution in [0.25, 0.3) is 0 Å². The highest BCUT2D eigenvalue weighted by Crippen LogP contribution is 2.36. The van der Waals surface area contributed by atoms with Gasteiger partial charge >= 0.3 is 5.97 Å². The van der Waals surface area contributed by atoms with Crippen LogP contribution in [0.4, 0.5) is 11.4 Å². The quantitative estimate of drug-likeness (QED) is 0.592. The van der Waals surface area contributed by atoms with E-state index >= 15 is 0 Å². The van der Waals surface area contributed by atoms with E-state index in [4.69, 9.17) is 25.8 Å². The van der Waals surface area contributed by atoms with Crippen LogP contribution in [0.1, 0.15) is 24.2 Å². The number of carbonyl (C=O) groups excluding carboxylic acids is 2. The van der Waals surface area contributed by atoms with Gasteiger partial charge in [0.25, 0.3) is 0 Å². The number of rotatable bonds is 8. The van der Waals surface area contributed by atoms with Gasteiger partial charge in [-0.25, -0.2) is 13.2 Å². The molecule has 0 saturated heterocycles. The van der Waals surface area contributed by atoms with Crippen LogP contribution in [0.2, 0.25) is 5.02 Å². The van der Waals surface area contributed by atoms with Crippen LogP contribution in [0.5, 0.6) is 11.5 Å². The van der Waals surface area contributed by atoms with Crippen molar-refractivity contribution in [3.8, 4) is 11.5 Å². The average Bonchev–Trinajstić information content (AvgIpc) is 3.21. The molecular formula is C20H21ClN2O7S. The predicted molar refractivity (Wildman–Crippen MR) is 115 cm³/mol. The van der Waals surface area contributed by atoms with Crippen molar-refractivity contribution in [1.29, 1.82) is 0 Å². The fraction of sp³-hybridized carbons (Fsp3) is 0.300. The second kappa shape index (κ2) is 9.44. The molecule has 0 aromatic heterocycles. The Kier molecular flexibility index (Phi) is 6.91. The van der Waals surface area contributed by atoms with Gasteiger partial charge in [0, 0.05) is 6.07 Å². The van der Waals surface area contributed by atoms with Crippen LogP contribution in [-0.2, 0) is 19.6 Å². The second-order valence-corrected chi connectivity index (χ2v) is 9.00. The molecule has 0 saturated carbocycles. The number of nitrogens with one attached hydrogen (secondary N) is 1. The number of anilines is 2. The summed E-state index contributed by atoms with van der Waals surface area (Å²) >= 11 is 6.17. The lowest BCUT2D eigenvalue weighted by atomic mass is 10.2. The van der Waals surface area contributed by atoms with Gasteiger partial charge in [-0.15, -0.1) is 0 Å². The number of carbonyl (C=O) groups is 2. The Morgan fingerprint density at radius 1 is 1.13 bits per heavy atom. The molecule has 0 atom stereocenters. The summed E-state index contributed by atoms with van der Waals surface area (Å²) in [5.74, 6) is -0.461. The van der Waals surface area contributed by atoms with Crippen molar-refractivity contribution in [2.45, 2.75) is 13.8 Å². The summed E-state index contributed by atoms with van der Waals surface area (Å²) in [4.78, 5) is 24.4. The van der Waals surface area contributed by atoms with Crippen LogP contribution in [0, 0.1) is 0 Å². The molecule has 0 unspecified atom stereocenters. The van der Waals surface area contributed by atoms with Gasteiger partial charge < -0.3 is 19.5 Å². The second-order valence-electron chi connectivity index (χ2n) is 6.41. The van der Waals surface area contributed by atoms with E-state index < -0.39 is 28.4 Å². The van der Waals surface area contributed by atoms with E-state index in [9.17, 15) is 18.0 Å². The van der Waals surface area contributed by atoms with Gasteiger partial charge in [-0.1, -0.05) is 11.6 Å². The molecule has 9 nitrogen and oxygen atoms in total. The van der Waals surface area contributed by atoms with Crippen LogP contribution in [0.3, 0.4) is 0 Å². The molecule has 1 aliphatic heterocycles. The third-order valence-corrected chi connectivity index (χ3v) is 6.44. The first-order valence-corrected chi connectivity index (χ1v) is 11.4. The molecule has 2 aromatic carbocycles. The fourth-order valence-electron chi connectivity index (χ4n) is 2.82. The average molecular weight is 469 g/mol. The van der Waals surface area contributed by atoms with E-state index in [1.54, 1.807) is 13.0 Å². The number of ether oxygens (including phenoxy) is 3. The van der Waals surface area contributed by atoms with Crippen LogP contribution in [-0.4, -0.2) is 46.0 Å². The van der Waals surface area contributed by atoms with Gasteiger partial charge in [-0.3, -0.25) is 9.10 Å². The zero-order valence-electron chi connectivity index (χ0n) is 16.9. The maximum atomic E-state index is 12.6. The molecule has 1 N–H and O–H groups in total. The largest absolute Gasteiger partial charge is 0.462 e. The Morgan fingerprint density at radius 3 is 2.55 bits per heavy atom. The van der Waals surface area contributed by atoms with Gasteiger partial charge in [0.1, 0.15) is 6.54 Å². The molecule has 3 rings (SSSR count). The van der Waals surface area contributed by atoms with Crippen molar-refractivity contribution in [1.82, 2.24) is 0 Å². The van der Waals surface area contributed by atoms with Crippen LogP contribution < -0.4 is 19.1 Å². The van der Waals surface area contributed by atoms with Crippen molar-refractivity contribution >= 4 is 44.9 Å². The summed E-state index contributed by atoms with van der Waals surface area (Å²) in [5.41, 5.74) is 0.740. The number of hydrogen-bond donors (Lipinski definition) is 1. The standard InChI is InChI=1S/C20H21ClN2O7S/c1-3-28-20(25)13-5-7-16(15(21)9-13)22-19(24)11-23(31(26,27)4-2)14-6-8-17-18(10-14)30-12-29-17/h5-10H,3-4,11-12H2,1-2H3,(H,22,24). The van der Waals surface area contributed by atoms with E-state index in [-0.39, 0.29) is 41.1 Å². The molecule has 1 heterocycles. The molecule has 0 aliphatic carbocycles. The monoisotopic (exact) mass is 468 g/mol. The predicted octanol–water partition coefficient (Wildman–Crippen LogP) is 3.04. The molecule has 0 bridgehead atoms. The minimum Gasteiger partial charge on any atom is -0.462 e. The number of esters is 1. The highest BCUT2D eigenvalue weighted by molar-refractivity contribution is 7.92. The van der Waals surface area contributed by atoms with Crippen LogP contribution >= 0.6 is 11.6 Å². The summed E-state index contributed by atoms with van der Waals surface area (Å²) in [6.45, 7) is 2.95. The normalized spacial score (nSPS) is 12.4. The zero-order valence-corrected chi connectivity index (χ0v) is 18.5. The molecule has 11 heteroatoms. The number of hydrogen-bond acceptors (Lipinski definition) is 7. The maximum Gasteiger partial charge on any atom is 0.338 e. The van der Waals surface area contributed by atoms with E-state index in [0.717, 1.165) is 4.31 Å². The third kappa shape index (κ3) is 5.20. The van der Waals surface area contributed by atoms with Crippen molar-refractivity contribution in [2.75, 3.05) is 35.3 Å². The SMILES string of the molecule is CCOC(=O)c1ccc(NC(=O)CN(c2ccc3c(c2)OCO3)S(=O)(=O)CC)c(Cl)c1. The topological polar surface area (TPSA) is 111 Å². The van der Waals surface area contributed by atoms with Crippen molar-refractivity contribution in [2.24, 2.45) is 0 Å². The first-order chi connectivity index (χ1) is 14.7. The van der Waals surface area contributed by atoms with Gasteiger partial charge in [0.15, 0.2) is 11.5 Å². The lowest BCUT2D eigenvalue weighted by Crippen LogP contribution is -2.39. The van der Waals surface area contributed by atoms with E-state index in [1.165, 1.54) is 37.3 Å². The molecular weight excluding hydrogens is 448 g/mol. The molecule has 2 aromatic rings. The molecule has 0 fully saturated rings. The Morgan fingerprint density at radius 2 is 1.87 bits per heavy atom. The Bertz CT molecular complexity index is 1100. The van der Waals surface area contributed by atoms with Crippen molar-refractivity contribution < 1.29 is 32.2 Å². The Hall–Kier alpha value is -2.98. The van der Waals surface area contributed by atoms with E-state index in [0.29, 0.717) is 11.5 Å². The number of amides is 1. The first-order valence-electron chi connectivity index (χ1n) is 9.41. The van der Waals surface area contributed by atoms with E-state index in [1.807, 2.05) is 0 Å². The molecule has 0 spiro atoms.